The standard InChI is InChI=1S/C19H18Cl2F3N3O2/c1-2-27(11-18(29)26-16-8-7-12(20)9-14(16)21)10-17(28)25-15-6-4-3-5-13(15)19(22,23)24/h3-9H,2,10-11H2,1H3,(H,25,28)(H,26,29). The van der Waals surface area contributed by atoms with Crippen molar-refractivity contribution in [1.29, 1.82) is 0 Å². The molecule has 5 nitrogen and oxygen atoms in total. The van der Waals surface area contributed by atoms with Crippen LogP contribution in [0.25, 0.3) is 0 Å². The Morgan fingerprint density at radius 2 is 1.55 bits per heavy atom. The highest BCUT2D eigenvalue weighted by Gasteiger charge is 2.33. The predicted octanol–water partition coefficient (Wildman–Crippen LogP) is 4.91. The smallest absolute Gasteiger partial charge is 0.324 e. The van der Waals surface area contributed by atoms with E-state index >= 15 is 0 Å². The van der Waals surface area contributed by atoms with E-state index in [1.165, 1.54) is 29.2 Å². The Balaban J connectivity index is 1.97. The van der Waals surface area contributed by atoms with Crippen LogP contribution in [-0.4, -0.2) is 36.3 Å². The molecule has 0 fully saturated rings. The largest absolute Gasteiger partial charge is 0.418 e. The van der Waals surface area contributed by atoms with Gasteiger partial charge in [0, 0.05) is 5.02 Å². The van der Waals surface area contributed by atoms with Crippen molar-refractivity contribution in [2.75, 3.05) is 30.3 Å². The Kier molecular flexibility index (Phi) is 7.89. The number of likely N-dealkylation sites (N-methyl/N-ethyl adjacent to an activating group) is 1. The van der Waals surface area contributed by atoms with Gasteiger partial charge in [-0.3, -0.25) is 14.5 Å². The number of benzene rings is 2. The fourth-order valence-corrected chi connectivity index (χ4v) is 2.95. The van der Waals surface area contributed by atoms with E-state index in [0.717, 1.165) is 6.07 Å². The summed E-state index contributed by atoms with van der Waals surface area (Å²) in [7, 11) is 0. The number of hydrogen-bond donors (Lipinski definition) is 2. The molecule has 2 amide bonds. The lowest BCUT2D eigenvalue weighted by atomic mass is 10.1. The molecule has 0 unspecified atom stereocenters. The number of nitrogens with one attached hydrogen (secondary N) is 2. The second kappa shape index (κ2) is 9.96. The van der Waals surface area contributed by atoms with Crippen LogP contribution in [0, 0.1) is 0 Å². The summed E-state index contributed by atoms with van der Waals surface area (Å²) in [5.74, 6) is -1.10. The maximum Gasteiger partial charge on any atom is 0.418 e. The number of carbonyl (C=O) groups is 2. The second-order valence-electron chi connectivity index (χ2n) is 6.07. The molecule has 2 aromatic rings. The number of anilines is 2. The average molecular weight is 448 g/mol. The highest BCUT2D eigenvalue weighted by atomic mass is 35.5. The molecule has 0 spiro atoms. The first-order chi connectivity index (χ1) is 13.6. The third-order valence-electron chi connectivity index (χ3n) is 3.89. The number of carbonyl (C=O) groups excluding carboxylic acids is 2. The van der Waals surface area contributed by atoms with E-state index in [4.69, 9.17) is 23.2 Å². The number of nitrogens with zero attached hydrogens (tertiary/aromatic N) is 1. The van der Waals surface area contributed by atoms with Gasteiger partial charge in [0.05, 0.1) is 35.1 Å². The van der Waals surface area contributed by atoms with Crippen LogP contribution in [0.2, 0.25) is 10.0 Å². The van der Waals surface area contributed by atoms with Crippen LogP contribution in [0.5, 0.6) is 0 Å². The Bertz CT molecular complexity index is 891. The minimum Gasteiger partial charge on any atom is -0.324 e. The van der Waals surface area contributed by atoms with E-state index in [1.54, 1.807) is 19.1 Å². The van der Waals surface area contributed by atoms with Crippen molar-refractivity contribution in [3.63, 3.8) is 0 Å². The zero-order valence-corrected chi connectivity index (χ0v) is 16.8. The quantitative estimate of drug-likeness (QED) is 0.633. The van der Waals surface area contributed by atoms with Crippen molar-refractivity contribution in [2.24, 2.45) is 0 Å². The number of hydrogen-bond acceptors (Lipinski definition) is 3. The molecular formula is C19H18Cl2F3N3O2. The van der Waals surface area contributed by atoms with Crippen molar-refractivity contribution in [3.8, 4) is 0 Å². The van der Waals surface area contributed by atoms with Gasteiger partial charge in [0.2, 0.25) is 11.8 Å². The third-order valence-corrected chi connectivity index (χ3v) is 4.44. The monoisotopic (exact) mass is 447 g/mol. The first-order valence-corrected chi connectivity index (χ1v) is 9.29. The Labute approximate surface area is 175 Å². The minimum absolute atomic E-state index is 0.149. The second-order valence-corrected chi connectivity index (χ2v) is 6.91. The van der Waals surface area contributed by atoms with Crippen molar-refractivity contribution >= 4 is 46.4 Å². The van der Waals surface area contributed by atoms with Crippen LogP contribution in [-0.2, 0) is 15.8 Å². The molecule has 0 aromatic heterocycles. The van der Waals surface area contributed by atoms with Crippen molar-refractivity contribution < 1.29 is 22.8 Å². The number of rotatable bonds is 7. The van der Waals surface area contributed by atoms with Gasteiger partial charge >= 0.3 is 6.18 Å². The lowest BCUT2D eigenvalue weighted by Crippen LogP contribution is -2.38. The molecule has 0 bridgehead atoms. The van der Waals surface area contributed by atoms with Crippen LogP contribution in [0.4, 0.5) is 24.5 Å². The molecule has 0 saturated heterocycles. The fraction of sp³-hybridized carbons (Fsp3) is 0.263. The van der Waals surface area contributed by atoms with Crippen molar-refractivity contribution in [2.45, 2.75) is 13.1 Å². The summed E-state index contributed by atoms with van der Waals surface area (Å²) >= 11 is 11.8. The Hall–Kier alpha value is -2.29. The molecule has 0 atom stereocenters. The predicted molar refractivity (Wildman–Crippen MR) is 107 cm³/mol. The molecule has 0 aliphatic rings. The van der Waals surface area contributed by atoms with Gasteiger partial charge in [0.25, 0.3) is 0 Å². The molecule has 2 aromatic carbocycles. The summed E-state index contributed by atoms with van der Waals surface area (Å²) < 4.78 is 39.1. The van der Waals surface area contributed by atoms with E-state index in [2.05, 4.69) is 10.6 Å². The number of amides is 2. The lowest BCUT2D eigenvalue weighted by Gasteiger charge is -2.20. The first kappa shape index (κ1) is 23.0. The average Bonchev–Trinajstić information content (AvgIpc) is 2.63. The van der Waals surface area contributed by atoms with Crippen molar-refractivity contribution in [3.05, 3.63) is 58.1 Å². The van der Waals surface area contributed by atoms with Gasteiger partial charge in [-0.25, -0.2) is 0 Å². The van der Waals surface area contributed by atoms with Crippen LogP contribution >= 0.6 is 23.2 Å². The highest BCUT2D eigenvalue weighted by Crippen LogP contribution is 2.34. The zero-order valence-electron chi connectivity index (χ0n) is 15.3. The van der Waals surface area contributed by atoms with Gasteiger partial charge in [-0.15, -0.1) is 0 Å². The summed E-state index contributed by atoms with van der Waals surface area (Å²) in [6.45, 7) is 1.64. The van der Waals surface area contributed by atoms with Gasteiger partial charge in [-0.2, -0.15) is 13.2 Å². The normalized spacial score (nSPS) is 11.4. The molecular weight excluding hydrogens is 430 g/mol. The molecule has 2 rings (SSSR count). The zero-order chi connectivity index (χ0) is 21.6. The molecule has 2 N–H and O–H groups in total. The van der Waals surface area contributed by atoms with Crippen LogP contribution in [0.1, 0.15) is 12.5 Å². The summed E-state index contributed by atoms with van der Waals surface area (Å²) in [6, 6.07) is 9.27. The Morgan fingerprint density at radius 1 is 0.966 bits per heavy atom. The molecule has 0 heterocycles. The molecule has 0 aliphatic heterocycles. The maximum atomic E-state index is 13.0. The highest BCUT2D eigenvalue weighted by molar-refractivity contribution is 6.36. The third kappa shape index (κ3) is 6.92. The van der Waals surface area contributed by atoms with Gasteiger partial charge in [0.1, 0.15) is 0 Å². The van der Waals surface area contributed by atoms with E-state index in [0.29, 0.717) is 17.3 Å². The topological polar surface area (TPSA) is 61.4 Å². The number of para-hydroxylation sites is 1. The van der Waals surface area contributed by atoms with Crippen molar-refractivity contribution in [1.82, 2.24) is 4.90 Å². The molecule has 156 valence electrons. The lowest BCUT2D eigenvalue weighted by molar-refractivity contribution is -0.137. The van der Waals surface area contributed by atoms with Gasteiger partial charge in [-0.05, 0) is 36.9 Å². The van der Waals surface area contributed by atoms with E-state index < -0.39 is 23.6 Å². The summed E-state index contributed by atoms with van der Waals surface area (Å²) in [6.07, 6.45) is -4.59. The van der Waals surface area contributed by atoms with Gasteiger partial charge in [-0.1, -0.05) is 42.3 Å². The molecule has 0 radical (unpaired) electrons. The number of alkyl halides is 3. The molecule has 29 heavy (non-hydrogen) atoms. The van der Waals surface area contributed by atoms with Crippen LogP contribution < -0.4 is 10.6 Å². The van der Waals surface area contributed by atoms with E-state index in [9.17, 15) is 22.8 Å². The minimum atomic E-state index is -4.59. The summed E-state index contributed by atoms with van der Waals surface area (Å²) in [4.78, 5) is 25.9. The van der Waals surface area contributed by atoms with Gasteiger partial charge < -0.3 is 10.6 Å². The summed E-state index contributed by atoms with van der Waals surface area (Å²) in [5.41, 5.74) is -0.911. The fourth-order valence-electron chi connectivity index (χ4n) is 2.50. The number of halogens is 5. The van der Waals surface area contributed by atoms with Crippen LogP contribution in [0.15, 0.2) is 42.5 Å². The molecule has 10 heteroatoms. The molecule has 0 aliphatic carbocycles. The van der Waals surface area contributed by atoms with Crippen LogP contribution in [0.3, 0.4) is 0 Å². The molecule has 0 saturated carbocycles. The first-order valence-electron chi connectivity index (χ1n) is 8.53. The summed E-state index contributed by atoms with van der Waals surface area (Å²) in [5, 5.41) is 5.53. The van der Waals surface area contributed by atoms with Gasteiger partial charge in [0.15, 0.2) is 0 Å². The maximum absolute atomic E-state index is 13.0. The SMILES string of the molecule is CCN(CC(=O)Nc1ccc(Cl)cc1Cl)CC(=O)Nc1ccccc1C(F)(F)F. The van der Waals surface area contributed by atoms with E-state index in [-0.39, 0.29) is 23.8 Å². The van der Waals surface area contributed by atoms with E-state index in [1.807, 2.05) is 0 Å². The Morgan fingerprint density at radius 3 is 2.10 bits per heavy atom.